The molecule has 0 N–H and O–H groups in total. The zero-order valence-corrected chi connectivity index (χ0v) is 52.2. The van der Waals surface area contributed by atoms with Crippen molar-refractivity contribution in [1.29, 1.82) is 0 Å². The fourth-order valence-electron chi connectivity index (χ4n) is 16.4. The Morgan fingerprint density at radius 3 is 0.848 bits per heavy atom. The van der Waals surface area contributed by atoms with Crippen LogP contribution in [0.4, 0.5) is 61.5 Å². The minimum atomic E-state index is -1.55. The first-order valence-electron chi connectivity index (χ1n) is 33.3. The number of hydrogen-bond acceptors (Lipinski definition) is 0. The number of benzene rings is 6. The summed E-state index contributed by atoms with van der Waals surface area (Å²) in [5.74, 6) is -8.93. The maximum absolute atomic E-state index is 15.2. The van der Waals surface area contributed by atoms with E-state index in [1.807, 2.05) is 24.3 Å². The molecule has 14 heteroatoms. The van der Waals surface area contributed by atoms with Crippen molar-refractivity contribution >= 4 is 0 Å². The highest BCUT2D eigenvalue weighted by atomic mass is 19.2. The van der Waals surface area contributed by atoms with Gasteiger partial charge in [-0.3, -0.25) is 0 Å². The van der Waals surface area contributed by atoms with Gasteiger partial charge in [0.05, 0.1) is 11.7 Å². The van der Waals surface area contributed by atoms with Gasteiger partial charge in [0.25, 0.3) is 0 Å². The van der Waals surface area contributed by atoms with E-state index in [1.54, 1.807) is 18.2 Å². The van der Waals surface area contributed by atoms with Crippen LogP contribution in [0.3, 0.4) is 0 Å². The minimum Gasteiger partial charge on any atom is -0.212 e. The molecule has 6 aromatic carbocycles. The zero-order valence-electron chi connectivity index (χ0n) is 52.2. The van der Waals surface area contributed by atoms with Crippen molar-refractivity contribution in [1.82, 2.24) is 0 Å². The van der Waals surface area contributed by atoms with Gasteiger partial charge in [0.15, 0.2) is 52.4 Å². The van der Waals surface area contributed by atoms with E-state index in [-0.39, 0.29) is 45.0 Å². The lowest BCUT2D eigenvalue weighted by atomic mass is 9.69. The molecule has 3 fully saturated rings. The summed E-state index contributed by atoms with van der Waals surface area (Å²) in [6.45, 7) is 10.5. The SMILES string of the molecule is C=C(F)CCC1CCC(C2CCc3c(ccc(-c4cc(F)c(F)c(F)c4)c3F)C2)CC1.C=C(F)CCC1CCC(C2CCc3c(ccc(-c4cc(F)c(F)c(F)c4)c3F)C2)CC1.C=CCCC1CCC(C2CCc3c(ccc(-c4cc(F)c(F)c(F)c4)c3F)C2)CC1. The Kier molecular flexibility index (Phi) is 22.9. The molecule has 12 rings (SSSR count). The van der Waals surface area contributed by atoms with Crippen LogP contribution in [0.25, 0.3) is 33.4 Å². The van der Waals surface area contributed by atoms with Gasteiger partial charge in [-0.25, -0.2) is 61.5 Å². The van der Waals surface area contributed by atoms with E-state index in [0.29, 0.717) is 96.1 Å². The highest BCUT2D eigenvalue weighted by Crippen LogP contribution is 2.47. The molecule has 0 saturated heterocycles. The highest BCUT2D eigenvalue weighted by Gasteiger charge is 2.36. The maximum Gasteiger partial charge on any atom is 0.194 e. The van der Waals surface area contributed by atoms with Gasteiger partial charge in [0.1, 0.15) is 17.5 Å². The second-order valence-corrected chi connectivity index (χ2v) is 27.3. The van der Waals surface area contributed by atoms with Crippen molar-refractivity contribution in [3.63, 3.8) is 0 Å². The molecular weight excluding hydrogens is 1200 g/mol. The highest BCUT2D eigenvalue weighted by molar-refractivity contribution is 5.69. The van der Waals surface area contributed by atoms with Crippen LogP contribution in [0, 0.1) is 123 Å². The maximum atomic E-state index is 15.2. The van der Waals surface area contributed by atoms with Gasteiger partial charge >= 0.3 is 0 Å². The molecule has 0 heterocycles. The van der Waals surface area contributed by atoms with Gasteiger partial charge in [-0.15, -0.1) is 6.58 Å². The average Bonchev–Trinajstić information content (AvgIpc) is 0.813. The van der Waals surface area contributed by atoms with Crippen LogP contribution in [0.15, 0.2) is 110 Å². The fourth-order valence-corrected chi connectivity index (χ4v) is 16.4. The second kappa shape index (κ2) is 30.8. The van der Waals surface area contributed by atoms with Crippen LogP contribution in [0.2, 0.25) is 0 Å². The standard InChI is InChI=1S/2C26H27F5.C26H28F4/c2*1-15(27)2-3-16-4-6-17(7-5-16)18-8-10-21-19(12-18)9-11-22(25(21)30)20-13-23(28)26(31)24(29)14-20;1-2-3-4-16-5-7-17(8-6-16)18-9-11-21-19(13-18)10-12-22(25(21)29)20-14-23(27)26(30)24(28)15-20/h2*9,11,13-14,16-18H,1-8,10,12H2;2,10,12,14-18H,1,3-9,11,13H2. The first kappa shape index (κ1) is 68.4. The number of hydrogen-bond donors (Lipinski definition) is 0. The molecule has 0 radical (unpaired) electrons. The van der Waals surface area contributed by atoms with Gasteiger partial charge in [-0.2, -0.15) is 0 Å². The lowest BCUT2D eigenvalue weighted by molar-refractivity contribution is 0.183. The van der Waals surface area contributed by atoms with E-state index in [9.17, 15) is 48.3 Å². The van der Waals surface area contributed by atoms with Gasteiger partial charge in [-0.05, 0) is 275 Å². The van der Waals surface area contributed by atoms with Gasteiger partial charge < -0.3 is 0 Å². The topological polar surface area (TPSA) is 0 Å². The van der Waals surface area contributed by atoms with Gasteiger partial charge in [0, 0.05) is 16.7 Å². The summed E-state index contributed by atoms with van der Waals surface area (Å²) in [4.78, 5) is 0. The lowest BCUT2D eigenvalue weighted by Crippen LogP contribution is -2.27. The van der Waals surface area contributed by atoms with E-state index >= 15 is 13.2 Å². The predicted molar refractivity (Wildman–Crippen MR) is 336 cm³/mol. The van der Waals surface area contributed by atoms with Crippen molar-refractivity contribution in [2.75, 3.05) is 0 Å². The number of allylic oxidation sites excluding steroid dienone is 3. The summed E-state index contributed by atoms with van der Waals surface area (Å²) in [7, 11) is 0. The molecule has 0 bridgehead atoms. The Balaban J connectivity index is 0.000000151. The smallest absolute Gasteiger partial charge is 0.194 e. The van der Waals surface area contributed by atoms with E-state index in [1.165, 1.54) is 32.1 Å². The van der Waals surface area contributed by atoms with Crippen molar-refractivity contribution in [2.24, 2.45) is 53.3 Å². The van der Waals surface area contributed by atoms with Crippen molar-refractivity contribution in [3.8, 4) is 33.4 Å². The molecule has 6 aromatic rings. The lowest BCUT2D eigenvalue weighted by Gasteiger charge is -2.36. The van der Waals surface area contributed by atoms with Crippen molar-refractivity contribution in [3.05, 3.63) is 213 Å². The first-order chi connectivity index (χ1) is 44.1. The molecule has 3 saturated carbocycles. The monoisotopic (exact) mass is 1280 g/mol. The Labute approximate surface area is 532 Å². The van der Waals surface area contributed by atoms with Crippen LogP contribution in [0.1, 0.15) is 168 Å². The third-order valence-corrected chi connectivity index (χ3v) is 21.7. The largest absolute Gasteiger partial charge is 0.212 e. The van der Waals surface area contributed by atoms with E-state index in [4.69, 9.17) is 0 Å². The van der Waals surface area contributed by atoms with Crippen LogP contribution >= 0.6 is 0 Å². The molecule has 0 amide bonds. The summed E-state index contributed by atoms with van der Waals surface area (Å²) in [6, 6.07) is 15.3. The molecule has 0 aliphatic heterocycles. The predicted octanol–water partition coefficient (Wildman–Crippen LogP) is 24.0. The Bertz CT molecular complexity index is 3390. The molecular formula is C78H82F14. The molecule has 492 valence electrons. The molecule has 92 heavy (non-hydrogen) atoms. The first-order valence-corrected chi connectivity index (χ1v) is 33.3. The third kappa shape index (κ3) is 16.2. The third-order valence-electron chi connectivity index (χ3n) is 21.7. The van der Waals surface area contributed by atoms with Crippen LogP contribution < -0.4 is 0 Å². The van der Waals surface area contributed by atoms with Crippen molar-refractivity contribution in [2.45, 2.75) is 173 Å². The number of rotatable bonds is 15. The van der Waals surface area contributed by atoms with E-state index in [2.05, 4.69) is 19.7 Å². The number of halogens is 14. The van der Waals surface area contributed by atoms with Gasteiger partial charge in [-0.1, -0.05) is 94.2 Å². The van der Waals surface area contributed by atoms with Gasteiger partial charge in [0.2, 0.25) is 0 Å². The van der Waals surface area contributed by atoms with Crippen molar-refractivity contribution < 1.29 is 61.5 Å². The van der Waals surface area contributed by atoms with Crippen LogP contribution in [-0.2, 0) is 38.5 Å². The minimum absolute atomic E-state index is 0.00751. The fraction of sp³-hybridized carbons (Fsp3) is 0.462. The average molecular weight is 1290 g/mol. The molecule has 0 nitrogen and oxygen atoms in total. The Morgan fingerprint density at radius 2 is 0.598 bits per heavy atom. The summed E-state index contributed by atoms with van der Waals surface area (Å²) in [6.07, 6.45) is 27.9. The molecule has 6 aliphatic carbocycles. The summed E-state index contributed by atoms with van der Waals surface area (Å²) in [5, 5.41) is 0. The van der Waals surface area contributed by atoms with Crippen LogP contribution in [-0.4, -0.2) is 0 Å². The zero-order chi connectivity index (χ0) is 65.5. The Morgan fingerprint density at radius 1 is 0.337 bits per heavy atom. The molecule has 3 unspecified atom stereocenters. The summed E-state index contributed by atoms with van der Waals surface area (Å²) in [5.41, 5.74) is 5.16. The molecule has 0 spiro atoms. The summed E-state index contributed by atoms with van der Waals surface area (Å²) < 4.78 is 193. The number of fused-ring (bicyclic) bond motifs is 3. The Hall–Kier alpha value is -6.44. The van der Waals surface area contributed by atoms with E-state index < -0.39 is 69.8 Å². The quantitative estimate of drug-likeness (QED) is 0.0546. The summed E-state index contributed by atoms with van der Waals surface area (Å²) >= 11 is 0. The normalized spacial score (nSPS) is 23.6. The molecule has 3 atom stereocenters. The van der Waals surface area contributed by atoms with E-state index in [0.717, 1.165) is 168 Å². The second-order valence-electron chi connectivity index (χ2n) is 27.3. The molecule has 6 aliphatic rings. The molecule has 0 aromatic heterocycles. The van der Waals surface area contributed by atoms with Crippen LogP contribution in [0.5, 0.6) is 0 Å².